The molecule has 2 aromatic rings. The number of benzene rings is 2. The second-order valence-electron chi connectivity index (χ2n) is 8.05. The molecule has 4 rings (SSSR count). The fourth-order valence-electron chi connectivity index (χ4n) is 3.93. The molecule has 33 heavy (non-hydrogen) atoms. The number of hydrogen-bond donors (Lipinski definition) is 0. The number of nitrogens with zero attached hydrogens (tertiary/aromatic N) is 2. The van der Waals surface area contributed by atoms with Gasteiger partial charge >= 0.3 is 6.61 Å². The summed E-state index contributed by atoms with van der Waals surface area (Å²) in [5, 5.41) is 0. The van der Waals surface area contributed by atoms with Crippen LogP contribution in [0.4, 0.5) is 14.5 Å². The first-order valence-corrected chi connectivity index (χ1v) is 12.5. The third-order valence-corrected chi connectivity index (χ3v) is 7.50. The quantitative estimate of drug-likeness (QED) is 0.542. The van der Waals surface area contributed by atoms with Gasteiger partial charge in [-0.2, -0.15) is 8.78 Å². The maximum atomic E-state index is 13.3. The first kappa shape index (κ1) is 23.3. The van der Waals surface area contributed by atoms with Crippen LogP contribution in [0.5, 0.6) is 11.5 Å². The van der Waals surface area contributed by atoms with Crippen molar-refractivity contribution in [1.29, 1.82) is 0 Å². The fourth-order valence-corrected chi connectivity index (χ4v) is 5.49. The number of anilines is 1. The van der Waals surface area contributed by atoms with Gasteiger partial charge < -0.3 is 14.4 Å². The van der Waals surface area contributed by atoms with E-state index in [1.54, 1.807) is 48.2 Å². The smallest absolute Gasteiger partial charge is 0.387 e. The van der Waals surface area contributed by atoms with E-state index in [2.05, 4.69) is 4.74 Å². The highest BCUT2D eigenvalue weighted by Gasteiger charge is 2.34. The lowest BCUT2D eigenvalue weighted by Crippen LogP contribution is -2.32. The number of hydrogen-bond acceptors (Lipinski definition) is 5. The summed E-state index contributed by atoms with van der Waals surface area (Å²) in [4.78, 5) is 15.0. The van der Waals surface area contributed by atoms with Crippen LogP contribution in [0.25, 0.3) is 0 Å². The van der Waals surface area contributed by atoms with Crippen molar-refractivity contribution in [3.8, 4) is 11.5 Å². The number of carbonyl (C=O) groups excluding carboxylic acids is 1. The zero-order valence-corrected chi connectivity index (χ0v) is 19.1. The summed E-state index contributed by atoms with van der Waals surface area (Å²) in [6.07, 6.45) is 2.37. The fraction of sp³-hybridized carbons (Fsp3) is 0.435. The Bertz CT molecular complexity index is 1100. The molecule has 0 atom stereocenters. The number of amides is 1. The zero-order chi connectivity index (χ0) is 23.6. The van der Waals surface area contributed by atoms with E-state index in [1.807, 2.05) is 0 Å². The van der Waals surface area contributed by atoms with Crippen LogP contribution in [0, 0.1) is 0 Å². The average molecular weight is 481 g/mol. The second kappa shape index (κ2) is 9.54. The number of carbonyl (C=O) groups is 1. The predicted molar refractivity (Wildman–Crippen MR) is 119 cm³/mol. The van der Waals surface area contributed by atoms with E-state index in [0.29, 0.717) is 30.8 Å². The van der Waals surface area contributed by atoms with E-state index in [0.717, 1.165) is 18.4 Å². The summed E-state index contributed by atoms with van der Waals surface area (Å²) in [5.74, 6) is 0.120. The highest BCUT2D eigenvalue weighted by molar-refractivity contribution is 7.93. The van der Waals surface area contributed by atoms with Crippen molar-refractivity contribution in [2.75, 3.05) is 23.2 Å². The molecule has 1 aliphatic heterocycles. The lowest BCUT2D eigenvalue weighted by molar-refractivity contribution is -0.0514. The van der Waals surface area contributed by atoms with Crippen molar-refractivity contribution in [3.05, 3.63) is 53.6 Å². The molecule has 0 N–H and O–H groups in total. The molecule has 2 aromatic carbocycles. The van der Waals surface area contributed by atoms with Crippen molar-refractivity contribution >= 4 is 21.6 Å². The van der Waals surface area contributed by atoms with Crippen LogP contribution in [-0.2, 0) is 16.6 Å². The molecule has 1 saturated heterocycles. The molecule has 2 fully saturated rings. The van der Waals surface area contributed by atoms with Crippen molar-refractivity contribution in [3.63, 3.8) is 0 Å². The minimum Gasteiger partial charge on any atom is -0.490 e. The van der Waals surface area contributed by atoms with Gasteiger partial charge in [0.05, 0.1) is 18.0 Å². The Balaban J connectivity index is 1.52. The number of alkyl halides is 2. The monoisotopic (exact) mass is 480 g/mol. The lowest BCUT2D eigenvalue weighted by Gasteiger charge is -2.24. The molecule has 0 spiro atoms. The first-order chi connectivity index (χ1) is 15.8. The summed E-state index contributed by atoms with van der Waals surface area (Å²) in [7, 11) is -3.28. The van der Waals surface area contributed by atoms with Crippen molar-refractivity contribution < 1.29 is 31.5 Å². The van der Waals surface area contributed by atoms with Crippen LogP contribution >= 0.6 is 0 Å². The van der Waals surface area contributed by atoms with Gasteiger partial charge in [0, 0.05) is 24.7 Å². The molecule has 178 valence electrons. The van der Waals surface area contributed by atoms with Crippen LogP contribution in [0.3, 0.4) is 0 Å². The van der Waals surface area contributed by atoms with E-state index in [1.165, 1.54) is 10.4 Å². The molecule has 10 heteroatoms. The molecule has 0 unspecified atom stereocenters. The molecule has 0 radical (unpaired) electrons. The number of sulfonamides is 1. The van der Waals surface area contributed by atoms with Crippen molar-refractivity contribution in [1.82, 2.24) is 4.90 Å². The molecule has 0 bridgehead atoms. The Morgan fingerprint density at radius 1 is 1.15 bits per heavy atom. The third kappa shape index (κ3) is 5.38. The second-order valence-corrected chi connectivity index (χ2v) is 10.1. The number of ether oxygens (including phenoxy) is 2. The Hall–Kier alpha value is -2.88. The first-order valence-electron chi connectivity index (χ1n) is 10.9. The van der Waals surface area contributed by atoms with E-state index >= 15 is 0 Å². The summed E-state index contributed by atoms with van der Waals surface area (Å²) in [5.41, 5.74) is 1.75. The maximum Gasteiger partial charge on any atom is 0.387 e. The minimum atomic E-state index is -3.28. The maximum absolute atomic E-state index is 13.3. The van der Waals surface area contributed by atoms with Gasteiger partial charge in [0.1, 0.15) is 0 Å². The standard InChI is InChI=1S/C23H26F2N2O5S/c1-2-31-21-14-16(4-11-20(21)32-23(24)25)15-26(18-9-10-18)22(28)17-5-7-19(8-6-17)27-12-3-13-33(27,29)30/h4-8,11,14,18,23H,2-3,9-10,12-13,15H2,1H3. The Morgan fingerprint density at radius 2 is 1.88 bits per heavy atom. The predicted octanol–water partition coefficient (Wildman–Crippen LogP) is 4.03. The van der Waals surface area contributed by atoms with E-state index < -0.39 is 16.6 Å². The van der Waals surface area contributed by atoms with Crippen LogP contribution in [-0.4, -0.2) is 50.8 Å². The van der Waals surface area contributed by atoms with E-state index in [4.69, 9.17) is 4.74 Å². The summed E-state index contributed by atoms with van der Waals surface area (Å²) in [6.45, 7) is -0.195. The molecular formula is C23H26F2N2O5S. The van der Waals surface area contributed by atoms with Crippen LogP contribution in [0.2, 0.25) is 0 Å². The van der Waals surface area contributed by atoms with Gasteiger partial charge in [-0.3, -0.25) is 9.10 Å². The average Bonchev–Trinajstić information content (AvgIpc) is 3.55. The molecule has 7 nitrogen and oxygen atoms in total. The molecule has 1 heterocycles. The highest BCUT2D eigenvalue weighted by Crippen LogP contribution is 2.34. The summed E-state index contributed by atoms with van der Waals surface area (Å²) >= 11 is 0. The summed E-state index contributed by atoms with van der Waals surface area (Å²) in [6, 6.07) is 11.4. The molecule has 2 aliphatic rings. The van der Waals surface area contributed by atoms with Gasteiger partial charge in [-0.1, -0.05) is 6.07 Å². The molecule has 0 aromatic heterocycles. The largest absolute Gasteiger partial charge is 0.490 e. The zero-order valence-electron chi connectivity index (χ0n) is 18.2. The van der Waals surface area contributed by atoms with Gasteiger partial charge in [-0.05, 0) is 68.1 Å². The van der Waals surface area contributed by atoms with Crippen LogP contribution in [0.15, 0.2) is 42.5 Å². The summed E-state index contributed by atoms with van der Waals surface area (Å²) < 4.78 is 60.9. The normalized spacial score (nSPS) is 17.3. The third-order valence-electron chi connectivity index (χ3n) is 5.63. The Labute approximate surface area is 191 Å². The van der Waals surface area contributed by atoms with Gasteiger partial charge in [0.25, 0.3) is 5.91 Å². The van der Waals surface area contributed by atoms with Gasteiger partial charge in [0.15, 0.2) is 11.5 Å². The van der Waals surface area contributed by atoms with Crippen molar-refractivity contribution in [2.24, 2.45) is 0 Å². The number of rotatable bonds is 9. The van der Waals surface area contributed by atoms with E-state index in [9.17, 15) is 22.0 Å². The molecule has 1 amide bonds. The number of halogens is 2. The van der Waals surface area contributed by atoms with Crippen LogP contribution < -0.4 is 13.8 Å². The lowest BCUT2D eigenvalue weighted by atomic mass is 10.1. The topological polar surface area (TPSA) is 76.2 Å². The van der Waals surface area contributed by atoms with Gasteiger partial charge in [0.2, 0.25) is 10.0 Å². The Kier molecular flexibility index (Phi) is 6.73. The minimum absolute atomic E-state index is 0.0487. The van der Waals surface area contributed by atoms with Crippen molar-refractivity contribution in [2.45, 2.75) is 45.4 Å². The van der Waals surface area contributed by atoms with Crippen LogP contribution in [0.1, 0.15) is 42.1 Å². The van der Waals surface area contributed by atoms with Gasteiger partial charge in [-0.15, -0.1) is 0 Å². The highest BCUT2D eigenvalue weighted by atomic mass is 32.2. The van der Waals surface area contributed by atoms with Gasteiger partial charge in [-0.25, -0.2) is 8.42 Å². The molecule has 1 aliphatic carbocycles. The SMILES string of the molecule is CCOc1cc(CN(C(=O)c2ccc(N3CCCS3(=O)=O)cc2)C2CC2)ccc1OC(F)F. The Morgan fingerprint density at radius 3 is 2.45 bits per heavy atom. The molecular weight excluding hydrogens is 454 g/mol. The molecule has 1 saturated carbocycles. The van der Waals surface area contributed by atoms with E-state index in [-0.39, 0.29) is 35.8 Å².